The predicted octanol–water partition coefficient (Wildman–Crippen LogP) is 0.114. The van der Waals surface area contributed by atoms with Crippen molar-refractivity contribution < 1.29 is 18.0 Å². The van der Waals surface area contributed by atoms with Gasteiger partial charge in [-0.15, -0.1) is 0 Å². The molecule has 1 unspecified atom stereocenters. The van der Waals surface area contributed by atoms with Crippen molar-refractivity contribution in [2.45, 2.75) is 32.7 Å². The number of hydroxylamine groups is 1. The molecule has 1 amide bonds. The van der Waals surface area contributed by atoms with Crippen molar-refractivity contribution in [3.8, 4) is 0 Å². The van der Waals surface area contributed by atoms with Crippen LogP contribution in [0.2, 0.25) is 0 Å². The predicted molar refractivity (Wildman–Crippen MR) is 63.5 cm³/mol. The Bertz CT molecular complexity index is 367. The topological polar surface area (TPSA) is 75.7 Å². The van der Waals surface area contributed by atoms with E-state index < -0.39 is 16.1 Å². The van der Waals surface area contributed by atoms with Crippen LogP contribution in [0, 0.1) is 5.92 Å². The molecule has 100 valence electrons. The highest BCUT2D eigenvalue weighted by atomic mass is 32.2. The number of nitrogens with one attached hydrogen (secondary N) is 1. The number of carbonyl (C=O) groups excluding carboxylic acids is 1. The molecule has 0 spiro atoms. The summed E-state index contributed by atoms with van der Waals surface area (Å²) in [4.78, 5) is 16.8. The Kier molecular flexibility index (Phi) is 4.91. The van der Waals surface area contributed by atoms with E-state index in [0.29, 0.717) is 31.9 Å². The maximum Gasteiger partial charge on any atom is 0.261 e. The minimum absolute atomic E-state index is 0.310. The molecule has 17 heavy (non-hydrogen) atoms. The fraction of sp³-hybridized carbons (Fsp3) is 0.900. The van der Waals surface area contributed by atoms with Crippen LogP contribution in [0.1, 0.15) is 26.7 Å². The van der Waals surface area contributed by atoms with Gasteiger partial charge in [0.05, 0.1) is 12.9 Å². The smallest absolute Gasteiger partial charge is 0.261 e. The molecular weight excluding hydrogens is 244 g/mol. The van der Waals surface area contributed by atoms with E-state index in [1.807, 2.05) is 13.8 Å². The van der Waals surface area contributed by atoms with Crippen LogP contribution >= 0.6 is 0 Å². The molecule has 0 bridgehead atoms. The zero-order chi connectivity index (χ0) is 13.1. The average Bonchev–Trinajstić information content (AvgIpc) is 2.64. The zero-order valence-electron chi connectivity index (χ0n) is 10.5. The van der Waals surface area contributed by atoms with Crippen LogP contribution in [0.25, 0.3) is 0 Å². The first-order chi connectivity index (χ1) is 7.82. The summed E-state index contributed by atoms with van der Waals surface area (Å²) in [5.41, 5.74) is 2.31. The van der Waals surface area contributed by atoms with Crippen molar-refractivity contribution in [1.29, 1.82) is 0 Å². The Labute approximate surface area is 102 Å². The second-order valence-electron chi connectivity index (χ2n) is 4.70. The van der Waals surface area contributed by atoms with Gasteiger partial charge in [-0.3, -0.25) is 9.63 Å². The number of rotatable bonds is 5. The SMILES string of the molecule is CC(C)CONC(=O)C1CCCN1S(C)(=O)=O. The largest absolute Gasteiger partial charge is 0.273 e. The van der Waals surface area contributed by atoms with E-state index in [2.05, 4.69) is 5.48 Å². The first-order valence-corrected chi connectivity index (χ1v) is 7.55. The van der Waals surface area contributed by atoms with Crippen LogP contribution in [0.15, 0.2) is 0 Å². The summed E-state index contributed by atoms with van der Waals surface area (Å²) < 4.78 is 24.1. The van der Waals surface area contributed by atoms with Crippen molar-refractivity contribution >= 4 is 15.9 Å². The first-order valence-electron chi connectivity index (χ1n) is 5.71. The maximum absolute atomic E-state index is 11.7. The lowest BCUT2D eigenvalue weighted by Gasteiger charge is -2.21. The van der Waals surface area contributed by atoms with Crippen molar-refractivity contribution in [1.82, 2.24) is 9.79 Å². The van der Waals surface area contributed by atoms with Crippen molar-refractivity contribution in [3.63, 3.8) is 0 Å². The van der Waals surface area contributed by atoms with Gasteiger partial charge >= 0.3 is 0 Å². The molecule has 7 heteroatoms. The number of hydrogen-bond donors (Lipinski definition) is 1. The highest BCUT2D eigenvalue weighted by molar-refractivity contribution is 7.88. The number of nitrogens with zero attached hydrogens (tertiary/aromatic N) is 1. The van der Waals surface area contributed by atoms with Gasteiger partial charge in [0.2, 0.25) is 10.0 Å². The van der Waals surface area contributed by atoms with Crippen molar-refractivity contribution in [2.24, 2.45) is 5.92 Å². The zero-order valence-corrected chi connectivity index (χ0v) is 11.3. The number of sulfonamides is 1. The molecule has 0 aliphatic carbocycles. The maximum atomic E-state index is 11.7. The molecule has 0 aromatic heterocycles. The third-order valence-corrected chi connectivity index (χ3v) is 3.81. The minimum Gasteiger partial charge on any atom is -0.273 e. The Morgan fingerprint density at radius 1 is 1.53 bits per heavy atom. The highest BCUT2D eigenvalue weighted by Gasteiger charge is 2.36. The van der Waals surface area contributed by atoms with E-state index in [0.717, 1.165) is 6.26 Å². The molecule has 1 saturated heterocycles. The van der Waals surface area contributed by atoms with Crippen LogP contribution in [0.5, 0.6) is 0 Å². The molecule has 0 saturated carbocycles. The Hall–Kier alpha value is -0.660. The monoisotopic (exact) mass is 264 g/mol. The van der Waals surface area contributed by atoms with Gasteiger partial charge in [0.25, 0.3) is 5.91 Å². The summed E-state index contributed by atoms with van der Waals surface area (Å²) in [6.07, 6.45) is 2.37. The molecule has 6 nitrogen and oxygen atoms in total. The number of amides is 1. The second-order valence-corrected chi connectivity index (χ2v) is 6.64. The summed E-state index contributed by atoms with van der Waals surface area (Å²) in [6, 6.07) is -0.628. The van der Waals surface area contributed by atoms with E-state index in [1.165, 1.54) is 4.31 Å². The van der Waals surface area contributed by atoms with E-state index in [4.69, 9.17) is 4.84 Å². The van der Waals surface area contributed by atoms with Gasteiger partial charge in [-0.25, -0.2) is 13.9 Å². The van der Waals surface area contributed by atoms with Crippen molar-refractivity contribution in [2.75, 3.05) is 19.4 Å². The summed E-state index contributed by atoms with van der Waals surface area (Å²) in [5.74, 6) is -0.0709. The third-order valence-electron chi connectivity index (χ3n) is 2.52. The van der Waals surface area contributed by atoms with Gasteiger partial charge < -0.3 is 0 Å². The van der Waals surface area contributed by atoms with E-state index in [1.54, 1.807) is 0 Å². The first kappa shape index (κ1) is 14.4. The highest BCUT2D eigenvalue weighted by Crippen LogP contribution is 2.20. The Morgan fingerprint density at radius 2 is 2.18 bits per heavy atom. The molecule has 0 radical (unpaired) electrons. The average molecular weight is 264 g/mol. The molecular formula is C10H20N2O4S. The van der Waals surface area contributed by atoms with Gasteiger partial charge in [0.1, 0.15) is 6.04 Å². The van der Waals surface area contributed by atoms with Gasteiger partial charge in [0.15, 0.2) is 0 Å². The standard InChI is InChI=1S/C10H20N2O4S/c1-8(2)7-16-11-10(13)9-5-4-6-12(9)17(3,14)15/h8-9H,4-7H2,1-3H3,(H,11,13). The van der Waals surface area contributed by atoms with Gasteiger partial charge in [-0.05, 0) is 18.8 Å². The molecule has 1 aliphatic heterocycles. The van der Waals surface area contributed by atoms with Crippen LogP contribution in [0.4, 0.5) is 0 Å². The Balaban J connectivity index is 2.51. The molecule has 1 atom stereocenters. The molecule has 1 heterocycles. The summed E-state index contributed by atoms with van der Waals surface area (Å²) in [5, 5.41) is 0. The van der Waals surface area contributed by atoms with Crippen LogP contribution in [-0.4, -0.2) is 44.1 Å². The molecule has 1 N–H and O–H groups in total. The molecule has 1 rings (SSSR count). The Morgan fingerprint density at radius 3 is 2.71 bits per heavy atom. The second kappa shape index (κ2) is 5.79. The van der Waals surface area contributed by atoms with Crippen molar-refractivity contribution in [3.05, 3.63) is 0 Å². The van der Waals surface area contributed by atoms with E-state index in [9.17, 15) is 13.2 Å². The van der Waals surface area contributed by atoms with Gasteiger partial charge in [0, 0.05) is 6.54 Å². The van der Waals surface area contributed by atoms with Gasteiger partial charge in [-0.1, -0.05) is 13.8 Å². The lowest BCUT2D eigenvalue weighted by Crippen LogP contribution is -2.45. The van der Waals surface area contributed by atoms with Crippen LogP contribution in [0.3, 0.4) is 0 Å². The summed E-state index contributed by atoms with van der Waals surface area (Å²) in [6.45, 7) is 4.74. The van der Waals surface area contributed by atoms with E-state index >= 15 is 0 Å². The summed E-state index contributed by atoms with van der Waals surface area (Å²) >= 11 is 0. The summed E-state index contributed by atoms with van der Waals surface area (Å²) in [7, 11) is -3.32. The van der Waals surface area contributed by atoms with Gasteiger partial charge in [-0.2, -0.15) is 4.31 Å². The van der Waals surface area contributed by atoms with E-state index in [-0.39, 0.29) is 5.91 Å². The third kappa shape index (κ3) is 4.25. The fourth-order valence-corrected chi connectivity index (χ4v) is 2.87. The van der Waals surface area contributed by atoms with Crippen LogP contribution < -0.4 is 5.48 Å². The molecule has 0 aromatic carbocycles. The number of hydrogen-bond acceptors (Lipinski definition) is 4. The normalized spacial score (nSPS) is 22.0. The quantitative estimate of drug-likeness (QED) is 0.715. The number of carbonyl (C=O) groups is 1. The lowest BCUT2D eigenvalue weighted by molar-refractivity contribution is -0.137. The molecule has 1 fully saturated rings. The fourth-order valence-electron chi connectivity index (χ4n) is 1.75. The minimum atomic E-state index is -3.32. The molecule has 1 aliphatic rings. The van der Waals surface area contributed by atoms with Crippen LogP contribution in [-0.2, 0) is 19.7 Å². The lowest BCUT2D eigenvalue weighted by atomic mass is 10.2. The molecule has 0 aromatic rings.